The average Bonchev–Trinajstić information content (AvgIpc) is 2.80. The number of nitrogens with one attached hydrogen (secondary N) is 1. The van der Waals surface area contributed by atoms with Crippen LogP contribution in [0, 0.1) is 11.3 Å². The van der Waals surface area contributed by atoms with E-state index in [0.29, 0.717) is 17.1 Å². The number of thiophene rings is 1. The third kappa shape index (κ3) is 4.99. The molecule has 7 heteroatoms. The second-order valence-corrected chi connectivity index (χ2v) is 5.45. The van der Waals surface area contributed by atoms with Crippen molar-refractivity contribution in [2.75, 3.05) is 18.4 Å². The van der Waals surface area contributed by atoms with E-state index in [1.807, 2.05) is 19.9 Å². The fourth-order valence-corrected chi connectivity index (χ4v) is 2.36. The van der Waals surface area contributed by atoms with Crippen LogP contribution >= 0.6 is 11.3 Å². The van der Waals surface area contributed by atoms with Gasteiger partial charge >= 0.3 is 5.97 Å². The van der Waals surface area contributed by atoms with Crippen LogP contribution in [0.4, 0.5) is 5.00 Å². The number of anilines is 1. The van der Waals surface area contributed by atoms with Crippen LogP contribution in [0.15, 0.2) is 11.4 Å². The number of rotatable bonds is 7. The first-order chi connectivity index (χ1) is 9.43. The van der Waals surface area contributed by atoms with Crippen LogP contribution in [0.25, 0.3) is 0 Å². The molecule has 108 valence electrons. The van der Waals surface area contributed by atoms with Gasteiger partial charge in [0.2, 0.25) is 5.91 Å². The quantitative estimate of drug-likeness (QED) is 0.799. The molecule has 1 aromatic heterocycles. The number of nitriles is 1. The van der Waals surface area contributed by atoms with E-state index in [-0.39, 0.29) is 24.9 Å². The SMILES string of the molecule is CC(C)N(CCC(=O)O)CC(=O)Nc1sccc1C#N. The summed E-state index contributed by atoms with van der Waals surface area (Å²) in [5.41, 5.74) is 0.435. The Balaban J connectivity index is 2.58. The summed E-state index contributed by atoms with van der Waals surface area (Å²) in [5.74, 6) is -1.14. The molecule has 0 bridgehead atoms. The number of carbonyl (C=O) groups excluding carboxylic acids is 1. The molecule has 6 nitrogen and oxygen atoms in total. The standard InChI is InChI=1S/C13H17N3O3S/c1-9(2)16(5-3-12(18)19)8-11(17)15-13-10(7-14)4-6-20-13/h4,6,9H,3,5,8H2,1-2H3,(H,15,17)(H,18,19). The molecule has 1 amide bonds. The summed E-state index contributed by atoms with van der Waals surface area (Å²) in [6.45, 7) is 4.23. The first kappa shape index (κ1) is 16.1. The van der Waals surface area contributed by atoms with E-state index in [4.69, 9.17) is 10.4 Å². The van der Waals surface area contributed by atoms with E-state index in [0.717, 1.165) is 0 Å². The topological polar surface area (TPSA) is 93.4 Å². The zero-order valence-corrected chi connectivity index (χ0v) is 12.2. The lowest BCUT2D eigenvalue weighted by molar-refractivity contribution is -0.137. The largest absolute Gasteiger partial charge is 0.481 e. The number of amides is 1. The molecule has 0 unspecified atom stereocenters. The van der Waals surface area contributed by atoms with Crippen molar-refractivity contribution in [2.45, 2.75) is 26.3 Å². The summed E-state index contributed by atoms with van der Waals surface area (Å²) in [6.07, 6.45) is -0.00604. The van der Waals surface area contributed by atoms with Gasteiger partial charge in [0.25, 0.3) is 0 Å². The summed E-state index contributed by atoms with van der Waals surface area (Å²) in [7, 11) is 0. The maximum Gasteiger partial charge on any atom is 0.304 e. The van der Waals surface area contributed by atoms with E-state index in [9.17, 15) is 9.59 Å². The summed E-state index contributed by atoms with van der Waals surface area (Å²) < 4.78 is 0. The summed E-state index contributed by atoms with van der Waals surface area (Å²) >= 11 is 1.29. The van der Waals surface area contributed by atoms with Crippen LogP contribution in [-0.4, -0.2) is 41.0 Å². The Labute approximate surface area is 121 Å². The monoisotopic (exact) mass is 295 g/mol. The van der Waals surface area contributed by atoms with Gasteiger partial charge < -0.3 is 10.4 Å². The molecule has 0 radical (unpaired) electrons. The highest BCUT2D eigenvalue weighted by atomic mass is 32.1. The fourth-order valence-electron chi connectivity index (χ4n) is 1.60. The second-order valence-electron chi connectivity index (χ2n) is 4.53. The maximum atomic E-state index is 11.9. The van der Waals surface area contributed by atoms with Gasteiger partial charge in [-0.15, -0.1) is 11.3 Å². The zero-order valence-electron chi connectivity index (χ0n) is 11.4. The third-order valence-electron chi connectivity index (χ3n) is 2.73. The molecule has 0 aliphatic carbocycles. The summed E-state index contributed by atoms with van der Waals surface area (Å²) in [4.78, 5) is 24.3. The van der Waals surface area contributed by atoms with Gasteiger partial charge in [-0.25, -0.2) is 0 Å². The van der Waals surface area contributed by atoms with Crippen molar-refractivity contribution < 1.29 is 14.7 Å². The van der Waals surface area contributed by atoms with Crippen molar-refractivity contribution in [1.82, 2.24) is 4.90 Å². The molecule has 0 atom stereocenters. The van der Waals surface area contributed by atoms with Gasteiger partial charge in [-0.3, -0.25) is 14.5 Å². The van der Waals surface area contributed by atoms with E-state index >= 15 is 0 Å². The van der Waals surface area contributed by atoms with Crippen molar-refractivity contribution in [3.8, 4) is 6.07 Å². The van der Waals surface area contributed by atoms with Crippen molar-refractivity contribution in [3.63, 3.8) is 0 Å². The molecule has 0 saturated carbocycles. The minimum atomic E-state index is -0.888. The summed E-state index contributed by atoms with van der Waals surface area (Å²) in [5, 5.41) is 22.5. The number of aliphatic carboxylic acids is 1. The van der Waals surface area contributed by atoms with E-state index in [1.165, 1.54) is 11.3 Å². The minimum Gasteiger partial charge on any atom is -0.481 e. The molecule has 0 spiro atoms. The molecule has 0 aromatic carbocycles. The number of carboxylic acids is 1. The lowest BCUT2D eigenvalue weighted by Gasteiger charge is -2.24. The number of hydrogen-bond donors (Lipinski definition) is 2. The molecule has 1 heterocycles. The second kappa shape index (κ2) is 7.62. The van der Waals surface area contributed by atoms with Crippen LogP contribution in [0.2, 0.25) is 0 Å². The number of carbonyl (C=O) groups is 2. The van der Waals surface area contributed by atoms with Gasteiger partial charge in [0, 0.05) is 12.6 Å². The number of carboxylic acid groups (broad SMARTS) is 1. The van der Waals surface area contributed by atoms with Gasteiger partial charge in [0.05, 0.1) is 18.5 Å². The third-order valence-corrected chi connectivity index (χ3v) is 3.56. The van der Waals surface area contributed by atoms with Crippen LogP contribution in [0.5, 0.6) is 0 Å². The Bertz CT molecular complexity index is 519. The van der Waals surface area contributed by atoms with Gasteiger partial charge in [-0.1, -0.05) is 0 Å². The fraction of sp³-hybridized carbons (Fsp3) is 0.462. The van der Waals surface area contributed by atoms with Gasteiger partial charge in [0.1, 0.15) is 11.1 Å². The molecule has 0 aliphatic rings. The van der Waals surface area contributed by atoms with Gasteiger partial charge in [-0.2, -0.15) is 5.26 Å². The van der Waals surface area contributed by atoms with Crippen molar-refractivity contribution >= 4 is 28.2 Å². The Hall–Kier alpha value is -1.91. The minimum absolute atomic E-state index is 0.00604. The molecular weight excluding hydrogens is 278 g/mol. The van der Waals surface area contributed by atoms with Crippen molar-refractivity contribution in [2.24, 2.45) is 0 Å². The van der Waals surface area contributed by atoms with Gasteiger partial charge in [0.15, 0.2) is 0 Å². The lowest BCUT2D eigenvalue weighted by Crippen LogP contribution is -2.39. The molecule has 0 aliphatic heterocycles. The first-order valence-corrected chi connectivity index (χ1v) is 7.05. The Morgan fingerprint density at radius 2 is 2.25 bits per heavy atom. The number of nitrogens with zero attached hydrogens (tertiary/aromatic N) is 2. The Morgan fingerprint density at radius 3 is 2.80 bits per heavy atom. The first-order valence-electron chi connectivity index (χ1n) is 6.17. The van der Waals surface area contributed by atoms with Crippen molar-refractivity contribution in [1.29, 1.82) is 5.26 Å². The smallest absolute Gasteiger partial charge is 0.304 e. The molecule has 1 rings (SSSR count). The van der Waals surface area contributed by atoms with Gasteiger partial charge in [-0.05, 0) is 25.3 Å². The highest BCUT2D eigenvalue weighted by molar-refractivity contribution is 7.14. The molecule has 1 aromatic rings. The van der Waals surface area contributed by atoms with Crippen LogP contribution in [0.1, 0.15) is 25.8 Å². The average molecular weight is 295 g/mol. The normalized spacial score (nSPS) is 10.6. The predicted octanol–water partition coefficient (Wildman–Crippen LogP) is 1.74. The van der Waals surface area contributed by atoms with Crippen LogP contribution < -0.4 is 5.32 Å². The number of hydrogen-bond acceptors (Lipinski definition) is 5. The molecule has 0 saturated heterocycles. The lowest BCUT2D eigenvalue weighted by atomic mass is 10.2. The highest BCUT2D eigenvalue weighted by Crippen LogP contribution is 2.22. The Kier molecular flexibility index (Phi) is 6.15. The van der Waals surface area contributed by atoms with E-state index in [2.05, 4.69) is 5.32 Å². The zero-order chi connectivity index (χ0) is 15.1. The predicted molar refractivity (Wildman–Crippen MR) is 76.6 cm³/mol. The van der Waals surface area contributed by atoms with E-state index in [1.54, 1.807) is 16.3 Å². The molecule has 20 heavy (non-hydrogen) atoms. The molecular formula is C13H17N3O3S. The highest BCUT2D eigenvalue weighted by Gasteiger charge is 2.16. The molecule has 0 fully saturated rings. The van der Waals surface area contributed by atoms with Crippen LogP contribution in [0.3, 0.4) is 0 Å². The van der Waals surface area contributed by atoms with Crippen molar-refractivity contribution in [3.05, 3.63) is 17.0 Å². The summed E-state index contributed by atoms with van der Waals surface area (Å²) in [6, 6.07) is 3.71. The maximum absolute atomic E-state index is 11.9. The van der Waals surface area contributed by atoms with E-state index < -0.39 is 5.97 Å². The Morgan fingerprint density at radius 1 is 1.55 bits per heavy atom. The molecule has 2 N–H and O–H groups in total. The van der Waals surface area contributed by atoms with Crippen LogP contribution in [-0.2, 0) is 9.59 Å².